The molecule has 2 N–H and O–H groups in total. The van der Waals surface area contributed by atoms with Crippen LogP contribution in [0, 0.1) is 0 Å². The molecule has 1 aromatic rings. The first-order valence-electron chi connectivity index (χ1n) is 6.19. The molecule has 0 bridgehead atoms. The van der Waals surface area contributed by atoms with Gasteiger partial charge < -0.3 is 5.73 Å². The van der Waals surface area contributed by atoms with Crippen LogP contribution >= 0.6 is 0 Å². The second-order valence-electron chi connectivity index (χ2n) is 4.84. The average Bonchev–Trinajstić information content (AvgIpc) is 2.26. The zero-order valence-electron chi connectivity index (χ0n) is 9.71. The third kappa shape index (κ3) is 2.62. The maximum atomic E-state index is 14.1. The van der Waals surface area contributed by atoms with Crippen molar-refractivity contribution in [3.05, 3.63) is 35.4 Å². The quantitative estimate of drug-likeness (QED) is 0.812. The van der Waals surface area contributed by atoms with E-state index in [1.807, 2.05) is 12.1 Å². The van der Waals surface area contributed by atoms with Gasteiger partial charge in [0.15, 0.2) is 0 Å². The largest absolute Gasteiger partial charge is 0.330 e. The van der Waals surface area contributed by atoms with Crippen LogP contribution in [0.3, 0.4) is 0 Å². The number of hydrogen-bond acceptors (Lipinski definition) is 1. The Morgan fingerprint density at radius 1 is 1.19 bits per heavy atom. The minimum absolute atomic E-state index is 0.591. The maximum Gasteiger partial charge on any atom is 0.115 e. The summed E-state index contributed by atoms with van der Waals surface area (Å²) in [6.45, 7) is 0.703. The van der Waals surface area contributed by atoms with Gasteiger partial charge in [0.1, 0.15) is 5.67 Å². The normalized spacial score (nSPS) is 18.1. The number of benzene rings is 1. The number of halogens is 1. The molecule has 0 radical (unpaired) electrons. The summed E-state index contributed by atoms with van der Waals surface area (Å²) in [4.78, 5) is 0. The van der Waals surface area contributed by atoms with Gasteiger partial charge in [-0.25, -0.2) is 4.39 Å². The Kier molecular flexibility index (Phi) is 3.59. The molecule has 1 saturated carbocycles. The van der Waals surface area contributed by atoms with Gasteiger partial charge in [-0.3, -0.25) is 0 Å². The van der Waals surface area contributed by atoms with E-state index in [1.54, 1.807) is 0 Å². The molecule has 0 amide bonds. The molecule has 0 heterocycles. The van der Waals surface area contributed by atoms with Crippen LogP contribution in [0.2, 0.25) is 0 Å². The fraction of sp³-hybridized carbons (Fsp3) is 0.571. The van der Waals surface area contributed by atoms with Crippen molar-refractivity contribution in [2.24, 2.45) is 5.73 Å². The van der Waals surface area contributed by atoms with Crippen molar-refractivity contribution >= 4 is 0 Å². The lowest BCUT2D eigenvalue weighted by atomic mass is 9.77. The molecule has 0 unspecified atom stereocenters. The van der Waals surface area contributed by atoms with Crippen LogP contribution in [0.25, 0.3) is 0 Å². The molecule has 0 saturated heterocycles. The monoisotopic (exact) mass is 221 g/mol. The van der Waals surface area contributed by atoms with Crippen molar-refractivity contribution in [1.29, 1.82) is 0 Å². The predicted octanol–water partition coefficient (Wildman–Crippen LogP) is 3.01. The highest BCUT2D eigenvalue weighted by atomic mass is 19.1. The van der Waals surface area contributed by atoms with Gasteiger partial charge in [0, 0.05) is 6.42 Å². The molecule has 0 atom stereocenters. The Labute approximate surface area is 96.9 Å². The van der Waals surface area contributed by atoms with Crippen molar-refractivity contribution in [1.82, 2.24) is 0 Å². The molecular formula is C14H20FN. The van der Waals surface area contributed by atoms with Crippen molar-refractivity contribution in [3.63, 3.8) is 0 Å². The smallest absolute Gasteiger partial charge is 0.115 e. The summed E-state index contributed by atoms with van der Waals surface area (Å²) in [5.41, 5.74) is 7.05. The predicted molar refractivity (Wildman–Crippen MR) is 65.2 cm³/mol. The summed E-state index contributed by atoms with van der Waals surface area (Å²) in [6.07, 6.45) is 5.06. The van der Waals surface area contributed by atoms with E-state index >= 15 is 0 Å². The lowest BCUT2D eigenvalue weighted by molar-refractivity contribution is 0.0639. The van der Waals surface area contributed by atoms with Gasteiger partial charge in [-0.1, -0.05) is 24.3 Å². The topological polar surface area (TPSA) is 26.0 Å². The first kappa shape index (κ1) is 11.6. The van der Waals surface area contributed by atoms with E-state index in [-0.39, 0.29) is 0 Å². The van der Waals surface area contributed by atoms with Crippen LogP contribution in [0.15, 0.2) is 24.3 Å². The van der Waals surface area contributed by atoms with E-state index in [4.69, 9.17) is 5.73 Å². The fourth-order valence-corrected chi connectivity index (χ4v) is 2.34. The Morgan fingerprint density at radius 3 is 2.44 bits per heavy atom. The highest BCUT2D eigenvalue weighted by Crippen LogP contribution is 2.39. The second-order valence-corrected chi connectivity index (χ2v) is 4.84. The van der Waals surface area contributed by atoms with E-state index in [2.05, 4.69) is 12.1 Å². The molecule has 1 aromatic carbocycles. The molecule has 16 heavy (non-hydrogen) atoms. The van der Waals surface area contributed by atoms with E-state index in [0.717, 1.165) is 32.1 Å². The number of rotatable bonds is 5. The third-order valence-corrected chi connectivity index (χ3v) is 3.53. The first-order valence-corrected chi connectivity index (χ1v) is 6.19. The zero-order valence-corrected chi connectivity index (χ0v) is 9.71. The van der Waals surface area contributed by atoms with Crippen LogP contribution in [0.5, 0.6) is 0 Å². The molecule has 0 aliphatic heterocycles. The second kappa shape index (κ2) is 4.96. The molecular weight excluding hydrogens is 201 g/mol. The minimum atomic E-state index is -0.918. The van der Waals surface area contributed by atoms with Gasteiger partial charge >= 0.3 is 0 Å². The summed E-state index contributed by atoms with van der Waals surface area (Å²) in [5, 5.41) is 0. The molecule has 0 aromatic heterocycles. The van der Waals surface area contributed by atoms with Crippen molar-refractivity contribution in [3.8, 4) is 0 Å². The molecule has 88 valence electrons. The van der Waals surface area contributed by atoms with Crippen LogP contribution in [-0.4, -0.2) is 12.2 Å². The molecule has 1 nitrogen and oxygen atoms in total. The van der Waals surface area contributed by atoms with Gasteiger partial charge in [0.2, 0.25) is 0 Å². The molecule has 1 fully saturated rings. The molecule has 1 aliphatic carbocycles. The van der Waals surface area contributed by atoms with Crippen molar-refractivity contribution in [2.75, 3.05) is 6.54 Å². The summed E-state index contributed by atoms with van der Waals surface area (Å²) < 4.78 is 14.1. The van der Waals surface area contributed by atoms with E-state index in [9.17, 15) is 4.39 Å². The Hall–Kier alpha value is -0.890. The third-order valence-electron chi connectivity index (χ3n) is 3.53. The van der Waals surface area contributed by atoms with Gasteiger partial charge in [0.05, 0.1) is 0 Å². The van der Waals surface area contributed by atoms with Crippen molar-refractivity contribution < 1.29 is 4.39 Å². The molecule has 2 heteroatoms. The van der Waals surface area contributed by atoms with Gasteiger partial charge in [0.25, 0.3) is 0 Å². The summed E-state index contributed by atoms with van der Waals surface area (Å²) in [5.74, 6) is 0. The van der Waals surface area contributed by atoms with Crippen molar-refractivity contribution in [2.45, 2.75) is 44.2 Å². The van der Waals surface area contributed by atoms with Crippen LogP contribution in [0.1, 0.15) is 36.8 Å². The number of hydrogen-bond donors (Lipinski definition) is 1. The fourth-order valence-electron chi connectivity index (χ4n) is 2.34. The Balaban J connectivity index is 2.06. The van der Waals surface area contributed by atoms with Gasteiger partial charge in [-0.15, -0.1) is 0 Å². The number of aryl methyl sites for hydroxylation is 1. The Bertz CT molecular complexity index is 344. The average molecular weight is 221 g/mol. The standard InChI is InChI=1S/C14H20FN/c15-14(8-4-9-14)11-13-6-2-1-5-12(13)7-3-10-16/h1-2,5-6H,3-4,7-11,16H2. The van der Waals surface area contributed by atoms with Gasteiger partial charge in [-0.2, -0.15) is 0 Å². The molecule has 1 aliphatic rings. The Morgan fingerprint density at radius 2 is 1.88 bits per heavy atom. The SMILES string of the molecule is NCCCc1ccccc1CC1(F)CCC1. The minimum Gasteiger partial charge on any atom is -0.330 e. The molecule has 2 rings (SSSR count). The highest BCUT2D eigenvalue weighted by molar-refractivity contribution is 5.29. The maximum absolute atomic E-state index is 14.1. The highest BCUT2D eigenvalue weighted by Gasteiger charge is 2.37. The summed E-state index contributed by atoms with van der Waals surface area (Å²) in [6, 6.07) is 8.20. The first-order chi connectivity index (χ1) is 7.73. The summed E-state index contributed by atoms with van der Waals surface area (Å²) >= 11 is 0. The zero-order chi connectivity index (χ0) is 11.4. The van der Waals surface area contributed by atoms with Crippen LogP contribution in [0.4, 0.5) is 4.39 Å². The number of alkyl halides is 1. The lowest BCUT2D eigenvalue weighted by Crippen LogP contribution is -2.34. The van der Waals surface area contributed by atoms with Gasteiger partial charge in [-0.05, 0) is 49.8 Å². The summed E-state index contributed by atoms with van der Waals surface area (Å²) in [7, 11) is 0. The lowest BCUT2D eigenvalue weighted by Gasteiger charge is -2.34. The van der Waals surface area contributed by atoms with E-state index in [0.29, 0.717) is 13.0 Å². The van der Waals surface area contributed by atoms with Crippen LogP contribution in [-0.2, 0) is 12.8 Å². The van der Waals surface area contributed by atoms with Crippen LogP contribution < -0.4 is 5.73 Å². The number of nitrogens with two attached hydrogens (primary N) is 1. The van der Waals surface area contributed by atoms with E-state index in [1.165, 1.54) is 11.1 Å². The van der Waals surface area contributed by atoms with E-state index < -0.39 is 5.67 Å². The molecule has 0 spiro atoms.